The maximum atomic E-state index is 11.2. The minimum atomic E-state index is -3.78. The molecule has 0 amide bonds. The Morgan fingerprint density at radius 2 is 1.39 bits per heavy atom. The van der Waals surface area contributed by atoms with Crippen LogP contribution in [0.4, 0.5) is 0 Å². The van der Waals surface area contributed by atoms with E-state index in [0.29, 0.717) is 0 Å². The molecular weight excluding hydrogens is 336 g/mol. The predicted molar refractivity (Wildman–Crippen MR) is 72.3 cm³/mol. The quantitative estimate of drug-likeness (QED) is 0.336. The predicted octanol–water partition coefficient (Wildman–Crippen LogP) is -0.886. The average molecular weight is 354 g/mol. The Morgan fingerprint density at radius 3 is 1.83 bits per heavy atom. The molecule has 1 aliphatic rings. The smallest absolute Gasteiger partial charge is 0.305 e. The fourth-order valence-corrected chi connectivity index (χ4v) is 2.31. The minimum Gasteiger partial charge on any atom is -0.455 e. The lowest BCUT2D eigenvalue weighted by Gasteiger charge is -2.22. The van der Waals surface area contributed by atoms with Crippen LogP contribution >= 0.6 is 0 Å². The van der Waals surface area contributed by atoms with Crippen molar-refractivity contribution in [2.75, 3.05) is 12.9 Å². The topological polar surface area (TPSA) is 132 Å². The second-order valence-electron chi connectivity index (χ2n) is 4.79. The zero-order chi connectivity index (χ0) is 17.8. The number of hydrogen-bond donors (Lipinski definition) is 0. The summed E-state index contributed by atoms with van der Waals surface area (Å²) in [6, 6.07) is 0. The van der Waals surface area contributed by atoms with Crippen LogP contribution in [-0.4, -0.2) is 63.8 Å². The summed E-state index contributed by atoms with van der Waals surface area (Å²) in [5.41, 5.74) is 0. The van der Waals surface area contributed by atoms with Crippen molar-refractivity contribution in [1.82, 2.24) is 0 Å². The van der Waals surface area contributed by atoms with E-state index in [2.05, 4.69) is 4.18 Å². The van der Waals surface area contributed by atoms with Gasteiger partial charge in [0.05, 0.1) is 12.9 Å². The van der Waals surface area contributed by atoms with Gasteiger partial charge in [0, 0.05) is 20.8 Å². The van der Waals surface area contributed by atoms with Gasteiger partial charge in [0.15, 0.2) is 6.10 Å². The molecule has 11 heteroatoms. The fourth-order valence-electron chi connectivity index (χ4n) is 1.93. The van der Waals surface area contributed by atoms with Crippen LogP contribution in [0.1, 0.15) is 20.8 Å². The Labute approximate surface area is 133 Å². The van der Waals surface area contributed by atoms with Crippen LogP contribution in [0.25, 0.3) is 0 Å². The van der Waals surface area contributed by atoms with Crippen molar-refractivity contribution in [3.05, 3.63) is 0 Å². The lowest BCUT2D eigenvalue weighted by atomic mass is 10.1. The van der Waals surface area contributed by atoms with Crippen LogP contribution in [0, 0.1) is 0 Å². The van der Waals surface area contributed by atoms with Crippen LogP contribution in [0.5, 0.6) is 0 Å². The monoisotopic (exact) mass is 354 g/mol. The first-order chi connectivity index (χ1) is 10.5. The van der Waals surface area contributed by atoms with Crippen LogP contribution in [0.3, 0.4) is 0 Å². The van der Waals surface area contributed by atoms with Gasteiger partial charge in [-0.15, -0.1) is 0 Å². The largest absolute Gasteiger partial charge is 0.455 e. The van der Waals surface area contributed by atoms with E-state index in [1.807, 2.05) is 0 Å². The summed E-state index contributed by atoms with van der Waals surface area (Å²) in [4.78, 5) is 33.5. The number of carbonyl (C=O) groups excluding carboxylic acids is 3. The number of carbonyl (C=O) groups is 3. The second kappa shape index (κ2) is 7.70. The van der Waals surface area contributed by atoms with Crippen molar-refractivity contribution in [2.24, 2.45) is 0 Å². The van der Waals surface area contributed by atoms with Gasteiger partial charge in [0.25, 0.3) is 10.1 Å². The molecule has 0 N–H and O–H groups in total. The summed E-state index contributed by atoms with van der Waals surface area (Å²) in [5, 5.41) is 0. The molecule has 0 aromatic heterocycles. The van der Waals surface area contributed by atoms with Crippen LogP contribution in [0.2, 0.25) is 0 Å². The Morgan fingerprint density at radius 1 is 0.913 bits per heavy atom. The molecule has 1 heterocycles. The van der Waals surface area contributed by atoms with Gasteiger partial charge in [-0.25, -0.2) is 0 Å². The molecule has 1 fully saturated rings. The summed E-state index contributed by atoms with van der Waals surface area (Å²) < 4.78 is 46.9. The zero-order valence-electron chi connectivity index (χ0n) is 13.0. The lowest BCUT2D eigenvalue weighted by Crippen LogP contribution is -2.42. The minimum absolute atomic E-state index is 0.508. The third-order valence-electron chi connectivity index (χ3n) is 2.60. The van der Waals surface area contributed by atoms with Crippen molar-refractivity contribution < 1.29 is 45.9 Å². The molecule has 1 aliphatic heterocycles. The van der Waals surface area contributed by atoms with E-state index < -0.39 is 59.2 Å². The van der Waals surface area contributed by atoms with Gasteiger partial charge in [-0.05, 0) is 0 Å². The molecule has 4 atom stereocenters. The van der Waals surface area contributed by atoms with E-state index >= 15 is 0 Å². The Kier molecular flexibility index (Phi) is 6.47. The molecule has 1 rings (SSSR count). The Hall–Kier alpha value is -1.72. The van der Waals surface area contributed by atoms with E-state index in [4.69, 9.17) is 18.9 Å². The van der Waals surface area contributed by atoms with E-state index in [9.17, 15) is 22.8 Å². The van der Waals surface area contributed by atoms with Crippen molar-refractivity contribution in [3.8, 4) is 0 Å². The molecule has 4 unspecified atom stereocenters. The normalized spacial score (nSPS) is 27.3. The molecule has 1 saturated heterocycles. The third kappa shape index (κ3) is 6.50. The van der Waals surface area contributed by atoms with Crippen molar-refractivity contribution in [1.29, 1.82) is 0 Å². The number of esters is 3. The van der Waals surface area contributed by atoms with Gasteiger partial charge in [-0.1, -0.05) is 0 Å². The molecule has 0 bridgehead atoms. The van der Waals surface area contributed by atoms with Crippen LogP contribution in [-0.2, 0) is 47.6 Å². The van der Waals surface area contributed by atoms with E-state index in [1.165, 1.54) is 0 Å². The highest BCUT2D eigenvalue weighted by Crippen LogP contribution is 2.28. The first kappa shape index (κ1) is 19.3. The Bertz CT molecular complexity index is 568. The average Bonchev–Trinajstić information content (AvgIpc) is 2.63. The SMILES string of the molecule is CC(=O)OC1OC(COS(C)(=O)=O)C(OC(C)=O)C1OC(C)=O. The molecule has 0 spiro atoms. The van der Waals surface area contributed by atoms with Gasteiger partial charge in [0.2, 0.25) is 12.4 Å². The highest BCUT2D eigenvalue weighted by atomic mass is 32.2. The van der Waals surface area contributed by atoms with Crippen molar-refractivity contribution >= 4 is 28.0 Å². The molecule has 0 radical (unpaired) electrons. The van der Waals surface area contributed by atoms with Crippen molar-refractivity contribution in [3.63, 3.8) is 0 Å². The van der Waals surface area contributed by atoms with Crippen LogP contribution < -0.4 is 0 Å². The first-order valence-corrected chi connectivity index (χ1v) is 8.32. The van der Waals surface area contributed by atoms with Gasteiger partial charge in [0.1, 0.15) is 6.10 Å². The Balaban J connectivity index is 2.99. The van der Waals surface area contributed by atoms with Gasteiger partial charge in [-0.3, -0.25) is 18.6 Å². The van der Waals surface area contributed by atoms with Crippen molar-refractivity contribution in [2.45, 2.75) is 45.4 Å². The maximum absolute atomic E-state index is 11.2. The highest BCUT2D eigenvalue weighted by Gasteiger charge is 2.51. The van der Waals surface area contributed by atoms with Gasteiger partial charge in [-0.2, -0.15) is 8.42 Å². The first-order valence-electron chi connectivity index (χ1n) is 6.51. The molecule has 0 aromatic rings. The second-order valence-corrected chi connectivity index (χ2v) is 6.43. The number of rotatable bonds is 6. The lowest BCUT2D eigenvalue weighted by molar-refractivity contribution is -0.196. The molecule has 23 heavy (non-hydrogen) atoms. The molecular formula is C12H18O10S. The third-order valence-corrected chi connectivity index (χ3v) is 3.16. The molecule has 132 valence electrons. The highest BCUT2D eigenvalue weighted by molar-refractivity contribution is 7.85. The summed E-state index contributed by atoms with van der Waals surface area (Å²) in [6.07, 6.45) is -4.07. The molecule has 0 aliphatic carbocycles. The molecule has 10 nitrogen and oxygen atoms in total. The summed E-state index contributed by atoms with van der Waals surface area (Å²) >= 11 is 0. The summed E-state index contributed by atoms with van der Waals surface area (Å²) in [6.45, 7) is 2.82. The fraction of sp³-hybridized carbons (Fsp3) is 0.750. The standard InChI is InChI=1S/C12H18O10S/c1-6(13)19-10-9(5-18-23(4,16)17)22-12(21-8(3)15)11(10)20-7(2)14/h9-12H,5H2,1-4H3. The molecule has 0 saturated carbocycles. The maximum Gasteiger partial charge on any atom is 0.305 e. The summed E-state index contributed by atoms with van der Waals surface area (Å²) in [7, 11) is -3.78. The molecule has 0 aromatic carbocycles. The van der Waals surface area contributed by atoms with E-state index in [-0.39, 0.29) is 0 Å². The van der Waals surface area contributed by atoms with Gasteiger partial charge < -0.3 is 18.9 Å². The van der Waals surface area contributed by atoms with Gasteiger partial charge >= 0.3 is 17.9 Å². The van der Waals surface area contributed by atoms with E-state index in [1.54, 1.807) is 0 Å². The van der Waals surface area contributed by atoms with Crippen LogP contribution in [0.15, 0.2) is 0 Å². The number of ether oxygens (including phenoxy) is 4. The van der Waals surface area contributed by atoms with E-state index in [0.717, 1.165) is 27.0 Å². The zero-order valence-corrected chi connectivity index (χ0v) is 13.8. The summed E-state index contributed by atoms with van der Waals surface area (Å²) in [5.74, 6) is -2.17. The number of hydrogen-bond acceptors (Lipinski definition) is 10.